The number of sulfonamides is 1. The number of para-hydroxylation sites is 2. The minimum absolute atomic E-state index is 0.0187. The number of amidine groups is 1. The average Bonchev–Trinajstić information content (AvgIpc) is 2.75. The maximum atomic E-state index is 13.5. The molecule has 8 nitrogen and oxygen atoms in total. The minimum Gasteiger partial charge on any atom is -0.506 e. The van der Waals surface area contributed by atoms with Crippen molar-refractivity contribution in [2.45, 2.75) is 32.1 Å². The first-order valence-electron chi connectivity index (χ1n) is 10.6. The van der Waals surface area contributed by atoms with E-state index in [4.69, 9.17) is 0 Å². The molecule has 0 fully saturated rings. The molecule has 1 atom stereocenters. The Morgan fingerprint density at radius 1 is 1.12 bits per heavy atom. The normalized spacial score (nSPS) is 15.7. The zero-order valence-corrected chi connectivity index (χ0v) is 19.0. The molecule has 1 aliphatic rings. The van der Waals surface area contributed by atoms with Crippen molar-refractivity contribution < 1.29 is 13.5 Å². The molecule has 3 aromatic rings. The summed E-state index contributed by atoms with van der Waals surface area (Å²) in [6.45, 7) is 6.89. The van der Waals surface area contributed by atoms with Crippen molar-refractivity contribution in [3.63, 3.8) is 0 Å². The van der Waals surface area contributed by atoms with Crippen molar-refractivity contribution in [1.82, 2.24) is 4.68 Å². The van der Waals surface area contributed by atoms with Crippen LogP contribution in [0.25, 0.3) is 10.9 Å². The number of nitrogens with one attached hydrogen (secondary N) is 2. The van der Waals surface area contributed by atoms with Crippen LogP contribution in [-0.2, 0) is 10.0 Å². The van der Waals surface area contributed by atoms with Gasteiger partial charge in [0, 0.05) is 11.9 Å². The van der Waals surface area contributed by atoms with Gasteiger partial charge in [-0.25, -0.2) is 4.68 Å². The zero-order valence-electron chi connectivity index (χ0n) is 18.2. The molecule has 0 radical (unpaired) electrons. The van der Waals surface area contributed by atoms with Crippen LogP contribution in [-0.4, -0.2) is 30.6 Å². The molecule has 1 aliphatic heterocycles. The van der Waals surface area contributed by atoms with Gasteiger partial charge >= 0.3 is 0 Å². The molecule has 0 bridgehead atoms. The Labute approximate surface area is 186 Å². The Bertz CT molecular complexity index is 1380. The molecular weight excluding hydrogens is 428 g/mol. The summed E-state index contributed by atoms with van der Waals surface area (Å²) in [4.78, 5) is 13.5. The second-order valence-electron chi connectivity index (χ2n) is 8.19. The van der Waals surface area contributed by atoms with Crippen molar-refractivity contribution in [3.8, 4) is 5.75 Å². The number of aromatic nitrogens is 1. The summed E-state index contributed by atoms with van der Waals surface area (Å²) in [7, 11) is -4.03. The van der Waals surface area contributed by atoms with Gasteiger partial charge in [-0.3, -0.25) is 4.79 Å². The van der Waals surface area contributed by atoms with Gasteiger partial charge in [-0.1, -0.05) is 51.5 Å². The molecule has 3 N–H and O–H groups in total. The molecule has 4 rings (SSSR count). The number of fused-ring (bicyclic) bond motifs is 2. The molecule has 2 heterocycles. The summed E-state index contributed by atoms with van der Waals surface area (Å²) in [6, 6.07) is 13.2. The SMILES string of the molecule is CC[C@@H](CNn1c(=O)c(C2=NS(=O)(=O)c3ccccc3N2)c(O)c2ccccc21)C(C)C. The number of anilines is 1. The fourth-order valence-electron chi connectivity index (χ4n) is 3.98. The van der Waals surface area contributed by atoms with E-state index in [1.54, 1.807) is 42.5 Å². The molecule has 0 amide bonds. The van der Waals surface area contributed by atoms with Crippen molar-refractivity contribution in [2.24, 2.45) is 16.2 Å². The molecule has 0 spiro atoms. The number of benzene rings is 2. The molecule has 1 aromatic heterocycles. The number of hydrogen-bond acceptors (Lipinski definition) is 6. The maximum absolute atomic E-state index is 13.5. The highest BCUT2D eigenvalue weighted by atomic mass is 32.2. The molecule has 0 aliphatic carbocycles. The van der Waals surface area contributed by atoms with E-state index in [1.165, 1.54) is 10.7 Å². The minimum atomic E-state index is -4.03. The summed E-state index contributed by atoms with van der Waals surface area (Å²) < 4.78 is 30.6. The molecular formula is C23H26N4O4S. The van der Waals surface area contributed by atoms with Gasteiger partial charge in [0.15, 0.2) is 5.84 Å². The molecule has 2 aromatic carbocycles. The molecule has 32 heavy (non-hydrogen) atoms. The third-order valence-corrected chi connectivity index (χ3v) is 7.23. The first-order valence-corrected chi connectivity index (χ1v) is 12.0. The van der Waals surface area contributed by atoms with Crippen LogP contribution in [0.15, 0.2) is 62.6 Å². The van der Waals surface area contributed by atoms with E-state index in [9.17, 15) is 18.3 Å². The number of pyridine rings is 1. The summed E-state index contributed by atoms with van der Waals surface area (Å²) >= 11 is 0. The first-order chi connectivity index (χ1) is 15.2. The first kappa shape index (κ1) is 21.9. The van der Waals surface area contributed by atoms with E-state index in [2.05, 4.69) is 35.9 Å². The Morgan fingerprint density at radius 2 is 1.81 bits per heavy atom. The molecule has 0 saturated heterocycles. The van der Waals surface area contributed by atoms with E-state index in [1.807, 2.05) is 0 Å². The van der Waals surface area contributed by atoms with Crippen molar-refractivity contribution in [2.75, 3.05) is 17.3 Å². The number of rotatable bonds is 6. The predicted molar refractivity (Wildman–Crippen MR) is 127 cm³/mol. The fraction of sp³-hybridized carbons (Fsp3) is 0.304. The Morgan fingerprint density at radius 3 is 2.53 bits per heavy atom. The van der Waals surface area contributed by atoms with Crippen molar-refractivity contribution >= 4 is 32.4 Å². The van der Waals surface area contributed by atoms with Gasteiger partial charge in [-0.05, 0) is 36.1 Å². The lowest BCUT2D eigenvalue weighted by Crippen LogP contribution is -2.38. The standard InChI is InChI=1S/C23H26N4O4S/c1-4-15(14(2)3)13-24-27-18-11-7-5-9-16(18)21(28)20(23(27)29)22-25-17-10-6-8-12-19(17)32(30,31)26-22/h5-12,14-15,24,28H,4,13H2,1-3H3,(H,25,26)/t15-/m0/s1. The topological polar surface area (TPSA) is 113 Å². The van der Waals surface area contributed by atoms with Crippen LogP contribution in [0.2, 0.25) is 0 Å². The van der Waals surface area contributed by atoms with Gasteiger partial charge in [0.05, 0.1) is 11.2 Å². The third-order valence-electron chi connectivity index (χ3n) is 5.90. The Kier molecular flexibility index (Phi) is 5.68. The Balaban J connectivity index is 1.90. The highest BCUT2D eigenvalue weighted by Crippen LogP contribution is 2.32. The predicted octanol–water partition coefficient (Wildman–Crippen LogP) is 3.49. The quantitative estimate of drug-likeness (QED) is 0.526. The monoisotopic (exact) mass is 454 g/mol. The highest BCUT2D eigenvalue weighted by Gasteiger charge is 2.29. The smallest absolute Gasteiger partial charge is 0.286 e. The van der Waals surface area contributed by atoms with E-state index < -0.39 is 15.6 Å². The van der Waals surface area contributed by atoms with Gasteiger partial charge in [-0.15, -0.1) is 4.40 Å². The number of hydrogen-bond donors (Lipinski definition) is 3. The van der Waals surface area contributed by atoms with Crippen LogP contribution in [0.1, 0.15) is 32.8 Å². The largest absolute Gasteiger partial charge is 0.506 e. The van der Waals surface area contributed by atoms with Gasteiger partial charge < -0.3 is 15.8 Å². The van der Waals surface area contributed by atoms with Crippen LogP contribution in [0, 0.1) is 11.8 Å². The van der Waals surface area contributed by atoms with Crippen LogP contribution < -0.4 is 16.3 Å². The summed E-state index contributed by atoms with van der Waals surface area (Å²) in [5.74, 6) is 0.219. The fourth-order valence-corrected chi connectivity index (χ4v) is 5.10. The van der Waals surface area contributed by atoms with Gasteiger partial charge in [-0.2, -0.15) is 8.42 Å². The van der Waals surface area contributed by atoms with E-state index in [0.29, 0.717) is 35.0 Å². The number of nitrogens with zero attached hydrogens (tertiary/aromatic N) is 2. The Hall–Kier alpha value is -3.33. The second-order valence-corrected chi connectivity index (χ2v) is 9.76. The zero-order chi connectivity index (χ0) is 23.0. The average molecular weight is 455 g/mol. The van der Waals surface area contributed by atoms with E-state index in [-0.39, 0.29) is 22.0 Å². The second kappa shape index (κ2) is 8.31. The van der Waals surface area contributed by atoms with Crippen molar-refractivity contribution in [1.29, 1.82) is 0 Å². The lowest BCUT2D eigenvalue weighted by Gasteiger charge is -2.23. The van der Waals surface area contributed by atoms with Gasteiger partial charge in [0.1, 0.15) is 16.2 Å². The van der Waals surface area contributed by atoms with Crippen LogP contribution in [0.5, 0.6) is 5.75 Å². The molecule has 0 unspecified atom stereocenters. The number of aromatic hydroxyl groups is 1. The van der Waals surface area contributed by atoms with Crippen LogP contribution in [0.3, 0.4) is 0 Å². The highest BCUT2D eigenvalue weighted by molar-refractivity contribution is 7.90. The third kappa shape index (κ3) is 3.73. The van der Waals surface area contributed by atoms with Crippen LogP contribution in [0.4, 0.5) is 5.69 Å². The summed E-state index contributed by atoms with van der Waals surface area (Å²) in [5.41, 5.74) is 3.21. The molecule has 0 saturated carbocycles. The maximum Gasteiger partial charge on any atom is 0.286 e. The summed E-state index contributed by atoms with van der Waals surface area (Å²) in [5, 5.41) is 14.3. The van der Waals surface area contributed by atoms with Gasteiger partial charge in [0.25, 0.3) is 15.6 Å². The molecule has 168 valence electrons. The van der Waals surface area contributed by atoms with Crippen LogP contribution >= 0.6 is 0 Å². The lowest BCUT2D eigenvalue weighted by atomic mass is 9.93. The van der Waals surface area contributed by atoms with Crippen molar-refractivity contribution in [3.05, 3.63) is 64.4 Å². The van der Waals surface area contributed by atoms with Gasteiger partial charge in [0.2, 0.25) is 0 Å². The lowest BCUT2D eigenvalue weighted by molar-refractivity contribution is 0.382. The van der Waals surface area contributed by atoms with E-state index >= 15 is 0 Å². The molecule has 9 heteroatoms. The van der Waals surface area contributed by atoms with E-state index in [0.717, 1.165) is 6.42 Å². The summed E-state index contributed by atoms with van der Waals surface area (Å²) in [6.07, 6.45) is 0.936.